The Morgan fingerprint density at radius 3 is 2.34 bits per heavy atom. The van der Waals surface area contributed by atoms with Crippen LogP contribution in [0.5, 0.6) is 0 Å². The SMILES string of the molecule is CN1CCN(c2ccc(Cl)cc2NC(=O)/C=C(/c2ccccc2)C(F)(F)F)CC1. The van der Waals surface area contributed by atoms with Crippen molar-refractivity contribution in [1.82, 2.24) is 4.90 Å². The van der Waals surface area contributed by atoms with E-state index in [1.807, 2.05) is 7.05 Å². The molecule has 0 atom stereocenters. The zero-order valence-electron chi connectivity index (χ0n) is 15.8. The van der Waals surface area contributed by atoms with Crippen LogP contribution in [0.15, 0.2) is 54.6 Å². The summed E-state index contributed by atoms with van der Waals surface area (Å²) in [5.74, 6) is -0.862. The van der Waals surface area contributed by atoms with Crippen molar-refractivity contribution >= 4 is 34.5 Å². The number of alkyl halides is 3. The van der Waals surface area contributed by atoms with Gasteiger partial charge >= 0.3 is 6.18 Å². The third kappa shape index (κ3) is 5.52. The van der Waals surface area contributed by atoms with Gasteiger partial charge in [0.1, 0.15) is 0 Å². The van der Waals surface area contributed by atoms with Gasteiger partial charge in [-0.1, -0.05) is 41.9 Å². The fraction of sp³-hybridized carbons (Fsp3) is 0.286. The molecule has 1 N–H and O–H groups in total. The predicted octanol–water partition coefficient (Wildman–Crippen LogP) is 4.68. The van der Waals surface area contributed by atoms with Gasteiger partial charge in [-0.3, -0.25) is 4.79 Å². The summed E-state index contributed by atoms with van der Waals surface area (Å²) < 4.78 is 40.5. The number of carbonyl (C=O) groups is 1. The average Bonchev–Trinajstić information content (AvgIpc) is 2.67. The summed E-state index contributed by atoms with van der Waals surface area (Å²) in [5.41, 5.74) is 0.0507. The Kier molecular flexibility index (Phi) is 6.49. The number of anilines is 2. The number of halogens is 4. The van der Waals surface area contributed by atoms with Crippen molar-refractivity contribution in [3.05, 3.63) is 65.2 Å². The van der Waals surface area contributed by atoms with Crippen molar-refractivity contribution in [2.75, 3.05) is 43.4 Å². The highest BCUT2D eigenvalue weighted by molar-refractivity contribution is 6.31. The molecular weight excluding hydrogens is 403 g/mol. The summed E-state index contributed by atoms with van der Waals surface area (Å²) in [4.78, 5) is 16.7. The molecule has 1 heterocycles. The zero-order valence-corrected chi connectivity index (χ0v) is 16.6. The van der Waals surface area contributed by atoms with Crippen molar-refractivity contribution in [3.8, 4) is 0 Å². The Hall–Kier alpha value is -2.51. The summed E-state index contributed by atoms with van der Waals surface area (Å²) in [6, 6.07) is 12.3. The molecule has 0 aromatic heterocycles. The van der Waals surface area contributed by atoms with E-state index < -0.39 is 17.7 Å². The Bertz CT molecular complexity index is 892. The van der Waals surface area contributed by atoms with Crippen LogP contribution in [0.25, 0.3) is 5.57 Å². The maximum atomic E-state index is 13.5. The smallest absolute Gasteiger partial charge is 0.367 e. The molecule has 0 unspecified atom stereocenters. The summed E-state index contributed by atoms with van der Waals surface area (Å²) in [6.07, 6.45) is -4.07. The third-order valence-electron chi connectivity index (χ3n) is 4.73. The first-order valence-corrected chi connectivity index (χ1v) is 9.50. The number of nitrogens with one attached hydrogen (secondary N) is 1. The molecule has 0 saturated carbocycles. The molecule has 2 aromatic carbocycles. The van der Waals surface area contributed by atoms with Gasteiger partial charge in [0, 0.05) is 37.3 Å². The van der Waals surface area contributed by atoms with E-state index in [1.165, 1.54) is 24.3 Å². The van der Waals surface area contributed by atoms with Crippen molar-refractivity contribution < 1.29 is 18.0 Å². The molecule has 8 heteroatoms. The van der Waals surface area contributed by atoms with Gasteiger partial charge in [0.25, 0.3) is 0 Å². The highest BCUT2D eigenvalue weighted by Crippen LogP contribution is 2.34. The molecule has 0 aliphatic carbocycles. The lowest BCUT2D eigenvalue weighted by Crippen LogP contribution is -2.44. The van der Waals surface area contributed by atoms with Gasteiger partial charge in [0.05, 0.1) is 16.9 Å². The largest absolute Gasteiger partial charge is 0.417 e. The van der Waals surface area contributed by atoms with E-state index in [0.717, 1.165) is 31.9 Å². The zero-order chi connectivity index (χ0) is 21.0. The van der Waals surface area contributed by atoms with E-state index in [0.29, 0.717) is 16.8 Å². The third-order valence-corrected chi connectivity index (χ3v) is 4.96. The average molecular weight is 424 g/mol. The Balaban J connectivity index is 1.88. The number of allylic oxidation sites excluding steroid dienone is 1. The number of amides is 1. The quantitative estimate of drug-likeness (QED) is 0.725. The molecule has 154 valence electrons. The number of rotatable bonds is 4. The fourth-order valence-electron chi connectivity index (χ4n) is 3.18. The van der Waals surface area contributed by atoms with Crippen LogP contribution in [0.2, 0.25) is 5.02 Å². The Morgan fingerprint density at radius 2 is 1.72 bits per heavy atom. The fourth-order valence-corrected chi connectivity index (χ4v) is 3.35. The van der Waals surface area contributed by atoms with Crippen LogP contribution in [0.1, 0.15) is 5.56 Å². The van der Waals surface area contributed by atoms with Crippen molar-refractivity contribution in [3.63, 3.8) is 0 Å². The van der Waals surface area contributed by atoms with Crippen LogP contribution in [-0.4, -0.2) is 50.2 Å². The monoisotopic (exact) mass is 423 g/mol. The molecule has 4 nitrogen and oxygen atoms in total. The lowest BCUT2D eigenvalue weighted by Gasteiger charge is -2.35. The van der Waals surface area contributed by atoms with Gasteiger partial charge in [-0.15, -0.1) is 0 Å². The minimum absolute atomic E-state index is 0.0689. The second-order valence-electron chi connectivity index (χ2n) is 6.86. The molecule has 0 radical (unpaired) electrons. The number of piperazine rings is 1. The van der Waals surface area contributed by atoms with E-state index in [2.05, 4.69) is 15.1 Å². The van der Waals surface area contributed by atoms with E-state index >= 15 is 0 Å². The molecule has 1 saturated heterocycles. The molecule has 1 amide bonds. The van der Waals surface area contributed by atoms with Crippen LogP contribution in [0.4, 0.5) is 24.5 Å². The van der Waals surface area contributed by atoms with Crippen LogP contribution in [0, 0.1) is 0 Å². The summed E-state index contributed by atoms with van der Waals surface area (Å²) in [5, 5.41) is 2.97. The molecule has 1 aliphatic rings. The minimum atomic E-state index is -4.66. The maximum Gasteiger partial charge on any atom is 0.417 e. The number of hydrogen-bond acceptors (Lipinski definition) is 3. The molecule has 3 rings (SSSR count). The van der Waals surface area contributed by atoms with Crippen molar-refractivity contribution in [1.29, 1.82) is 0 Å². The second kappa shape index (κ2) is 8.88. The van der Waals surface area contributed by atoms with Crippen LogP contribution >= 0.6 is 11.6 Å². The molecule has 0 bridgehead atoms. The van der Waals surface area contributed by atoms with Gasteiger partial charge in [0.15, 0.2) is 0 Å². The van der Waals surface area contributed by atoms with Gasteiger partial charge < -0.3 is 15.1 Å². The van der Waals surface area contributed by atoms with Crippen LogP contribution in [-0.2, 0) is 4.79 Å². The van der Waals surface area contributed by atoms with Gasteiger partial charge in [-0.2, -0.15) is 13.2 Å². The van der Waals surface area contributed by atoms with Gasteiger partial charge in [-0.05, 0) is 30.8 Å². The molecule has 0 spiro atoms. The Labute approximate surface area is 172 Å². The predicted molar refractivity (Wildman–Crippen MR) is 110 cm³/mol. The first-order chi connectivity index (χ1) is 13.7. The number of nitrogens with zero attached hydrogens (tertiary/aromatic N) is 2. The first-order valence-electron chi connectivity index (χ1n) is 9.12. The summed E-state index contributed by atoms with van der Waals surface area (Å²) in [6.45, 7) is 3.19. The molecule has 1 fully saturated rings. The number of likely N-dealkylation sites (N-methyl/N-ethyl adjacent to an activating group) is 1. The van der Waals surface area contributed by atoms with Crippen molar-refractivity contribution in [2.45, 2.75) is 6.18 Å². The van der Waals surface area contributed by atoms with Crippen LogP contribution < -0.4 is 10.2 Å². The molecular formula is C21H21ClF3N3O. The second-order valence-corrected chi connectivity index (χ2v) is 7.30. The summed E-state index contributed by atoms with van der Waals surface area (Å²) in [7, 11) is 2.02. The topological polar surface area (TPSA) is 35.6 Å². The number of carbonyl (C=O) groups excluding carboxylic acids is 1. The molecule has 2 aromatic rings. The lowest BCUT2D eigenvalue weighted by atomic mass is 10.1. The van der Waals surface area contributed by atoms with E-state index in [1.54, 1.807) is 24.3 Å². The maximum absolute atomic E-state index is 13.5. The minimum Gasteiger partial charge on any atom is -0.367 e. The number of benzene rings is 2. The highest BCUT2D eigenvalue weighted by Gasteiger charge is 2.35. The molecule has 1 aliphatic heterocycles. The summed E-state index contributed by atoms with van der Waals surface area (Å²) >= 11 is 6.06. The highest BCUT2D eigenvalue weighted by atomic mass is 35.5. The van der Waals surface area contributed by atoms with E-state index in [-0.39, 0.29) is 5.56 Å². The van der Waals surface area contributed by atoms with Crippen LogP contribution in [0.3, 0.4) is 0 Å². The lowest BCUT2D eigenvalue weighted by molar-refractivity contribution is -0.112. The first kappa shape index (κ1) is 21.2. The normalized spacial score (nSPS) is 16.0. The van der Waals surface area contributed by atoms with Gasteiger partial charge in [0.2, 0.25) is 5.91 Å². The standard InChI is InChI=1S/C21H21ClF3N3O/c1-27-9-11-28(12-10-27)19-8-7-16(22)13-18(19)26-20(29)14-17(21(23,24)25)15-5-3-2-4-6-15/h2-8,13-14H,9-12H2,1H3,(H,26,29)/b17-14-. The van der Waals surface area contributed by atoms with Gasteiger partial charge in [-0.25, -0.2) is 0 Å². The number of hydrogen-bond donors (Lipinski definition) is 1. The Morgan fingerprint density at radius 1 is 1.07 bits per heavy atom. The van der Waals surface area contributed by atoms with Crippen molar-refractivity contribution in [2.24, 2.45) is 0 Å². The van der Waals surface area contributed by atoms with E-state index in [4.69, 9.17) is 11.6 Å². The van der Waals surface area contributed by atoms with E-state index in [9.17, 15) is 18.0 Å². The molecule has 29 heavy (non-hydrogen) atoms.